The van der Waals surface area contributed by atoms with Gasteiger partial charge in [-0.25, -0.2) is 0 Å². The van der Waals surface area contributed by atoms with E-state index in [4.69, 9.17) is 9.84 Å². The molecule has 0 spiro atoms. The normalized spacial score (nSPS) is 41.6. The predicted octanol–water partition coefficient (Wildman–Crippen LogP) is -0.0113. The van der Waals surface area contributed by atoms with Crippen LogP contribution in [0.25, 0.3) is 0 Å². The number of aliphatic carboxylic acids is 1. The van der Waals surface area contributed by atoms with Gasteiger partial charge in [-0.05, 0) is 0 Å². The molecule has 14 heavy (non-hydrogen) atoms. The first-order valence-corrected chi connectivity index (χ1v) is 4.08. The van der Waals surface area contributed by atoms with Gasteiger partial charge in [-0.1, -0.05) is 0 Å². The molecule has 0 aromatic carbocycles. The van der Waals surface area contributed by atoms with Gasteiger partial charge >= 0.3 is 12.1 Å². The lowest BCUT2D eigenvalue weighted by atomic mass is 10.3. The van der Waals surface area contributed by atoms with Crippen LogP contribution in [0, 0.1) is 5.92 Å². The molecule has 1 saturated heterocycles. The van der Waals surface area contributed by atoms with Gasteiger partial charge in [0, 0.05) is 6.04 Å². The van der Waals surface area contributed by atoms with Crippen molar-refractivity contribution in [2.45, 2.75) is 24.4 Å². The van der Waals surface area contributed by atoms with E-state index in [9.17, 15) is 18.0 Å². The summed E-state index contributed by atoms with van der Waals surface area (Å²) in [6.45, 7) is -0.205. The first kappa shape index (κ1) is 9.72. The van der Waals surface area contributed by atoms with Crippen molar-refractivity contribution in [1.82, 2.24) is 5.32 Å². The maximum absolute atomic E-state index is 12.2. The summed E-state index contributed by atoms with van der Waals surface area (Å²) in [5.41, 5.74) is 0. The van der Waals surface area contributed by atoms with Crippen molar-refractivity contribution >= 4 is 5.97 Å². The van der Waals surface area contributed by atoms with E-state index in [0.717, 1.165) is 0 Å². The van der Waals surface area contributed by atoms with E-state index in [0.29, 0.717) is 0 Å². The number of ether oxygens (including phenoxy) is 1. The van der Waals surface area contributed by atoms with E-state index >= 15 is 0 Å². The number of rotatable bonds is 1. The van der Waals surface area contributed by atoms with Gasteiger partial charge in [-0.15, -0.1) is 0 Å². The number of fused-ring (bicyclic) bond motifs is 1. The van der Waals surface area contributed by atoms with Gasteiger partial charge in [-0.2, -0.15) is 13.2 Å². The Morgan fingerprint density at radius 3 is 2.64 bits per heavy atom. The number of carboxylic acids is 1. The third-order valence-electron chi connectivity index (χ3n) is 2.48. The summed E-state index contributed by atoms with van der Waals surface area (Å²) in [4.78, 5) is 10.5. The van der Waals surface area contributed by atoms with Crippen molar-refractivity contribution in [3.05, 3.63) is 0 Å². The monoisotopic (exact) mass is 211 g/mol. The Morgan fingerprint density at radius 2 is 2.14 bits per heavy atom. The van der Waals surface area contributed by atoms with Crippen LogP contribution in [0.4, 0.5) is 13.2 Å². The molecule has 0 amide bonds. The number of carbonyl (C=O) groups is 1. The number of halogens is 3. The van der Waals surface area contributed by atoms with Crippen LogP contribution in [0.1, 0.15) is 0 Å². The largest absolute Gasteiger partial charge is 0.480 e. The molecule has 0 bridgehead atoms. The van der Waals surface area contributed by atoms with E-state index in [1.54, 1.807) is 0 Å². The maximum Gasteiger partial charge on any atom is 0.395 e. The molecule has 1 aliphatic carbocycles. The lowest BCUT2D eigenvalue weighted by molar-refractivity contribution is -0.156. The van der Waals surface area contributed by atoms with Gasteiger partial charge in [-0.3, -0.25) is 10.1 Å². The molecule has 1 heterocycles. The number of hydrogen-bond acceptors (Lipinski definition) is 3. The summed E-state index contributed by atoms with van der Waals surface area (Å²) in [7, 11) is 0. The zero-order chi connectivity index (χ0) is 10.5. The van der Waals surface area contributed by atoms with Gasteiger partial charge in [0.25, 0.3) is 0 Å². The van der Waals surface area contributed by atoms with Crippen LogP contribution in [0.5, 0.6) is 0 Å². The minimum Gasteiger partial charge on any atom is -0.480 e. The van der Waals surface area contributed by atoms with E-state index in [1.807, 2.05) is 0 Å². The number of hydrogen-bond donors (Lipinski definition) is 2. The second-order valence-electron chi connectivity index (χ2n) is 3.45. The highest BCUT2D eigenvalue weighted by atomic mass is 19.4. The average Bonchev–Trinajstić information content (AvgIpc) is 2.74. The third kappa shape index (κ3) is 1.46. The molecule has 1 aliphatic heterocycles. The second kappa shape index (κ2) is 2.83. The molecule has 0 aromatic heterocycles. The summed E-state index contributed by atoms with van der Waals surface area (Å²) < 4.78 is 41.4. The highest BCUT2D eigenvalue weighted by Gasteiger charge is 2.67. The average molecular weight is 211 g/mol. The minimum atomic E-state index is -4.31. The smallest absolute Gasteiger partial charge is 0.395 e. The molecule has 80 valence electrons. The van der Waals surface area contributed by atoms with E-state index in [-0.39, 0.29) is 6.61 Å². The van der Waals surface area contributed by atoms with Gasteiger partial charge < -0.3 is 9.84 Å². The summed E-state index contributed by atoms with van der Waals surface area (Å²) in [5, 5.41) is 10.9. The molecule has 4 atom stereocenters. The van der Waals surface area contributed by atoms with Crippen molar-refractivity contribution in [2.75, 3.05) is 6.61 Å². The molecule has 4 nitrogen and oxygen atoms in total. The second-order valence-corrected chi connectivity index (χ2v) is 3.45. The zero-order valence-corrected chi connectivity index (χ0v) is 6.91. The van der Waals surface area contributed by atoms with Gasteiger partial charge in [0.05, 0.1) is 12.7 Å². The third-order valence-corrected chi connectivity index (χ3v) is 2.48. The molecule has 2 N–H and O–H groups in total. The molecule has 0 radical (unpaired) electrons. The van der Waals surface area contributed by atoms with Crippen LogP contribution in [0.2, 0.25) is 0 Å². The molecule has 2 fully saturated rings. The van der Waals surface area contributed by atoms with Crippen LogP contribution >= 0.6 is 0 Å². The molecule has 2 rings (SSSR count). The SMILES string of the molecule is O=C(O)[C@@H]1CO[C@H]2C(C(F)(F)F)[C@H]2N1. The van der Waals surface area contributed by atoms with Crippen LogP contribution in [0.3, 0.4) is 0 Å². The van der Waals surface area contributed by atoms with Crippen molar-refractivity contribution < 1.29 is 27.8 Å². The van der Waals surface area contributed by atoms with Crippen LogP contribution < -0.4 is 5.32 Å². The summed E-state index contributed by atoms with van der Waals surface area (Å²) in [6.07, 6.45) is -5.21. The van der Waals surface area contributed by atoms with Crippen molar-refractivity contribution in [3.8, 4) is 0 Å². The summed E-state index contributed by atoms with van der Waals surface area (Å²) in [5.74, 6) is -2.73. The lowest BCUT2D eigenvalue weighted by Crippen LogP contribution is -2.46. The van der Waals surface area contributed by atoms with E-state index in [1.165, 1.54) is 0 Å². The number of alkyl halides is 3. The van der Waals surface area contributed by atoms with Gasteiger partial charge in [0.2, 0.25) is 0 Å². The maximum atomic E-state index is 12.2. The fourth-order valence-electron chi connectivity index (χ4n) is 1.71. The van der Waals surface area contributed by atoms with Crippen molar-refractivity contribution in [3.63, 3.8) is 0 Å². The van der Waals surface area contributed by atoms with E-state index < -0.39 is 36.3 Å². The summed E-state index contributed by atoms with van der Waals surface area (Å²) >= 11 is 0. The molecular weight excluding hydrogens is 203 g/mol. The van der Waals surface area contributed by atoms with Crippen molar-refractivity contribution in [1.29, 1.82) is 0 Å². The van der Waals surface area contributed by atoms with Crippen LogP contribution in [0.15, 0.2) is 0 Å². The lowest BCUT2D eigenvalue weighted by Gasteiger charge is -2.18. The number of carboxylic acid groups (broad SMARTS) is 1. The Kier molecular flexibility index (Phi) is 1.97. The highest BCUT2D eigenvalue weighted by molar-refractivity contribution is 5.74. The molecular formula is C7H8F3NO3. The van der Waals surface area contributed by atoms with E-state index in [2.05, 4.69) is 5.32 Å². The van der Waals surface area contributed by atoms with Crippen molar-refractivity contribution in [2.24, 2.45) is 5.92 Å². The summed E-state index contributed by atoms with van der Waals surface area (Å²) in [6, 6.07) is -1.91. The standard InChI is InChI=1S/C7H8F3NO3/c8-7(9,10)3-4-5(3)14-1-2(11-4)6(12)13/h2-5,11H,1H2,(H,12,13)/t2-,3?,4+,5-/m0/s1. The Labute approximate surface area is 77.0 Å². The van der Waals surface area contributed by atoms with Gasteiger partial charge in [0.15, 0.2) is 0 Å². The van der Waals surface area contributed by atoms with Gasteiger partial charge in [0.1, 0.15) is 12.0 Å². The Hall–Kier alpha value is -0.820. The Morgan fingerprint density at radius 1 is 1.50 bits per heavy atom. The van der Waals surface area contributed by atoms with Crippen LogP contribution in [-0.4, -0.2) is 42.0 Å². The number of morpholine rings is 1. The fraction of sp³-hybridized carbons (Fsp3) is 0.857. The molecule has 1 unspecified atom stereocenters. The first-order valence-electron chi connectivity index (χ1n) is 4.08. The zero-order valence-electron chi connectivity index (χ0n) is 6.91. The molecule has 0 aromatic rings. The molecule has 1 saturated carbocycles. The highest BCUT2D eigenvalue weighted by Crippen LogP contribution is 2.48. The Bertz CT molecular complexity index is 267. The first-order chi connectivity index (χ1) is 6.41. The predicted molar refractivity (Wildman–Crippen MR) is 37.6 cm³/mol. The minimum absolute atomic E-state index is 0.205. The topological polar surface area (TPSA) is 58.6 Å². The Balaban J connectivity index is 1.98. The van der Waals surface area contributed by atoms with Crippen LogP contribution in [-0.2, 0) is 9.53 Å². The fourth-order valence-corrected chi connectivity index (χ4v) is 1.71. The molecule has 7 heteroatoms. The molecule has 2 aliphatic rings. The quantitative estimate of drug-likeness (QED) is 0.640. The number of nitrogens with one attached hydrogen (secondary N) is 1.